The van der Waals surface area contributed by atoms with Crippen LogP contribution in [0, 0.1) is 0 Å². The summed E-state index contributed by atoms with van der Waals surface area (Å²) in [6.07, 6.45) is 0.899. The van der Waals surface area contributed by atoms with E-state index in [-0.39, 0.29) is 11.7 Å². The number of hydrogen-bond donors (Lipinski definition) is 1. The Labute approximate surface area is 174 Å². The lowest BCUT2D eigenvalue weighted by Gasteiger charge is -2.13. The van der Waals surface area contributed by atoms with Crippen LogP contribution in [-0.4, -0.2) is 47.2 Å². The quantitative estimate of drug-likeness (QED) is 0.542. The predicted molar refractivity (Wildman–Crippen MR) is 114 cm³/mol. The van der Waals surface area contributed by atoms with Crippen LogP contribution in [-0.2, 0) is 4.79 Å². The summed E-state index contributed by atoms with van der Waals surface area (Å²) in [4.78, 5) is 12.1. The van der Waals surface area contributed by atoms with Gasteiger partial charge in [-0.1, -0.05) is 49.0 Å². The topological polar surface area (TPSA) is 78.3 Å². The minimum atomic E-state index is -0.0278. The number of benzene rings is 2. The smallest absolute Gasteiger partial charge is 0.230 e. The number of hydrogen-bond acceptors (Lipinski definition) is 6. The van der Waals surface area contributed by atoms with Gasteiger partial charge in [0.2, 0.25) is 5.91 Å². The van der Waals surface area contributed by atoms with Gasteiger partial charge in [0.05, 0.1) is 25.7 Å². The molecule has 0 aliphatic heterocycles. The number of nitrogens with zero attached hydrogens (tertiary/aromatic N) is 3. The Morgan fingerprint density at radius 3 is 2.52 bits per heavy atom. The second kappa shape index (κ2) is 9.97. The molecule has 0 saturated carbocycles. The van der Waals surface area contributed by atoms with Crippen LogP contribution in [0.4, 0.5) is 0 Å². The second-order valence-electron chi connectivity index (χ2n) is 6.19. The third kappa shape index (κ3) is 4.89. The van der Waals surface area contributed by atoms with Gasteiger partial charge in [-0.05, 0) is 18.6 Å². The molecule has 0 atom stereocenters. The van der Waals surface area contributed by atoms with Crippen LogP contribution in [0.2, 0.25) is 0 Å². The number of rotatable bonds is 9. The van der Waals surface area contributed by atoms with Crippen molar-refractivity contribution >= 4 is 17.7 Å². The van der Waals surface area contributed by atoms with Crippen LogP contribution >= 0.6 is 11.8 Å². The van der Waals surface area contributed by atoms with E-state index in [0.717, 1.165) is 17.7 Å². The van der Waals surface area contributed by atoms with Crippen LogP contribution in [0.1, 0.15) is 13.3 Å². The summed E-state index contributed by atoms with van der Waals surface area (Å²) in [5.74, 6) is 2.17. The molecule has 3 aromatic rings. The molecule has 1 amide bonds. The zero-order valence-corrected chi connectivity index (χ0v) is 17.5. The van der Waals surface area contributed by atoms with Crippen molar-refractivity contribution in [2.75, 3.05) is 26.5 Å². The summed E-state index contributed by atoms with van der Waals surface area (Å²) in [6, 6.07) is 15.4. The first-order valence-corrected chi connectivity index (χ1v) is 10.3. The van der Waals surface area contributed by atoms with E-state index in [1.165, 1.54) is 11.8 Å². The first kappa shape index (κ1) is 20.7. The third-order valence-corrected chi connectivity index (χ3v) is 5.12. The van der Waals surface area contributed by atoms with Crippen LogP contribution in [0.3, 0.4) is 0 Å². The maximum Gasteiger partial charge on any atom is 0.230 e. The average Bonchev–Trinajstić information content (AvgIpc) is 3.20. The van der Waals surface area contributed by atoms with Gasteiger partial charge in [0.1, 0.15) is 0 Å². The summed E-state index contributed by atoms with van der Waals surface area (Å²) in [5.41, 5.74) is 1.75. The maximum atomic E-state index is 12.1. The molecule has 29 heavy (non-hydrogen) atoms. The molecule has 0 bridgehead atoms. The SMILES string of the molecule is CCCNC(=O)CSc1nnc(-c2ccccc2)n1-c1ccc(OC)c(OC)c1. The van der Waals surface area contributed by atoms with Gasteiger partial charge >= 0.3 is 0 Å². The molecule has 2 aromatic carbocycles. The van der Waals surface area contributed by atoms with E-state index in [9.17, 15) is 4.79 Å². The summed E-state index contributed by atoms with van der Waals surface area (Å²) >= 11 is 1.34. The van der Waals surface area contributed by atoms with Crippen molar-refractivity contribution in [2.45, 2.75) is 18.5 Å². The molecular formula is C21H24N4O3S. The molecule has 0 saturated heterocycles. The Bertz CT molecular complexity index is 960. The molecule has 7 nitrogen and oxygen atoms in total. The highest BCUT2D eigenvalue weighted by molar-refractivity contribution is 7.99. The summed E-state index contributed by atoms with van der Waals surface area (Å²) < 4.78 is 12.7. The molecule has 1 heterocycles. The standard InChI is InChI=1S/C21H24N4O3S/c1-4-12-22-19(26)14-29-21-24-23-20(15-8-6-5-7-9-15)25(21)16-10-11-17(27-2)18(13-16)28-3/h5-11,13H,4,12,14H2,1-3H3,(H,22,26). The molecule has 8 heteroatoms. The van der Waals surface area contributed by atoms with Crippen LogP contribution in [0.15, 0.2) is 53.7 Å². The van der Waals surface area contributed by atoms with E-state index in [1.54, 1.807) is 14.2 Å². The fourth-order valence-electron chi connectivity index (χ4n) is 2.78. The Morgan fingerprint density at radius 1 is 1.07 bits per heavy atom. The number of nitrogens with one attached hydrogen (secondary N) is 1. The molecule has 0 spiro atoms. The number of methoxy groups -OCH3 is 2. The molecule has 3 rings (SSSR count). The van der Waals surface area contributed by atoms with Crippen molar-refractivity contribution in [1.29, 1.82) is 0 Å². The monoisotopic (exact) mass is 412 g/mol. The van der Waals surface area contributed by atoms with Crippen molar-refractivity contribution in [3.63, 3.8) is 0 Å². The highest BCUT2D eigenvalue weighted by Gasteiger charge is 2.18. The molecular weight excluding hydrogens is 388 g/mol. The Balaban J connectivity index is 2.00. The van der Waals surface area contributed by atoms with Crippen LogP contribution in [0.5, 0.6) is 11.5 Å². The van der Waals surface area contributed by atoms with Gasteiger partial charge in [0.25, 0.3) is 0 Å². The molecule has 152 valence electrons. The molecule has 1 N–H and O–H groups in total. The molecule has 0 unspecified atom stereocenters. The maximum absolute atomic E-state index is 12.1. The average molecular weight is 413 g/mol. The molecule has 0 fully saturated rings. The van der Waals surface area contributed by atoms with E-state index < -0.39 is 0 Å². The number of aromatic nitrogens is 3. The highest BCUT2D eigenvalue weighted by Crippen LogP contribution is 2.33. The van der Waals surface area contributed by atoms with Crippen molar-refractivity contribution in [2.24, 2.45) is 0 Å². The number of amides is 1. The first-order chi connectivity index (χ1) is 14.2. The van der Waals surface area contributed by atoms with Gasteiger partial charge < -0.3 is 14.8 Å². The van der Waals surface area contributed by atoms with Gasteiger partial charge in [-0.3, -0.25) is 9.36 Å². The largest absolute Gasteiger partial charge is 0.493 e. The summed E-state index contributed by atoms with van der Waals surface area (Å²) in [5, 5.41) is 12.2. The second-order valence-corrected chi connectivity index (χ2v) is 7.13. The van der Waals surface area contributed by atoms with E-state index in [0.29, 0.717) is 29.0 Å². The van der Waals surface area contributed by atoms with Gasteiger partial charge in [0.15, 0.2) is 22.5 Å². The Kier molecular flexibility index (Phi) is 7.13. The van der Waals surface area contributed by atoms with E-state index >= 15 is 0 Å². The number of ether oxygens (including phenoxy) is 2. The Morgan fingerprint density at radius 2 is 1.83 bits per heavy atom. The summed E-state index contributed by atoms with van der Waals surface area (Å²) in [7, 11) is 3.20. The lowest BCUT2D eigenvalue weighted by Crippen LogP contribution is -2.25. The highest BCUT2D eigenvalue weighted by atomic mass is 32.2. The van der Waals surface area contributed by atoms with Gasteiger partial charge in [-0.2, -0.15) is 0 Å². The summed E-state index contributed by atoms with van der Waals surface area (Å²) in [6.45, 7) is 2.68. The van der Waals surface area contributed by atoms with Gasteiger partial charge in [-0.25, -0.2) is 0 Å². The van der Waals surface area contributed by atoms with E-state index in [4.69, 9.17) is 9.47 Å². The lowest BCUT2D eigenvalue weighted by atomic mass is 10.2. The van der Waals surface area contributed by atoms with E-state index in [1.807, 2.05) is 60.0 Å². The van der Waals surface area contributed by atoms with Gasteiger partial charge in [-0.15, -0.1) is 10.2 Å². The van der Waals surface area contributed by atoms with Gasteiger partial charge in [0, 0.05) is 18.2 Å². The fraction of sp³-hybridized carbons (Fsp3) is 0.286. The molecule has 0 aliphatic carbocycles. The lowest BCUT2D eigenvalue weighted by molar-refractivity contribution is -0.118. The number of carbonyl (C=O) groups excluding carboxylic acids is 1. The molecule has 1 aromatic heterocycles. The van der Waals surface area contributed by atoms with E-state index in [2.05, 4.69) is 15.5 Å². The minimum absolute atomic E-state index is 0.0278. The zero-order chi connectivity index (χ0) is 20.6. The van der Waals surface area contributed by atoms with Crippen molar-refractivity contribution in [3.05, 3.63) is 48.5 Å². The number of carbonyl (C=O) groups is 1. The number of thioether (sulfide) groups is 1. The predicted octanol–water partition coefficient (Wildman–Crippen LogP) is 3.57. The Hall–Kier alpha value is -3.00. The van der Waals surface area contributed by atoms with Crippen LogP contribution < -0.4 is 14.8 Å². The van der Waals surface area contributed by atoms with Crippen molar-refractivity contribution in [1.82, 2.24) is 20.1 Å². The molecule has 0 aliphatic rings. The minimum Gasteiger partial charge on any atom is -0.493 e. The van der Waals surface area contributed by atoms with Crippen LogP contribution in [0.25, 0.3) is 17.1 Å². The third-order valence-electron chi connectivity index (χ3n) is 4.20. The molecule has 0 radical (unpaired) electrons. The normalized spacial score (nSPS) is 10.6. The van der Waals surface area contributed by atoms with Crippen molar-refractivity contribution in [3.8, 4) is 28.6 Å². The first-order valence-electron chi connectivity index (χ1n) is 9.30. The zero-order valence-electron chi connectivity index (χ0n) is 16.7. The van der Waals surface area contributed by atoms with Crippen molar-refractivity contribution < 1.29 is 14.3 Å². The fourth-order valence-corrected chi connectivity index (χ4v) is 3.56.